The molecule has 0 bridgehead atoms. The smallest absolute Gasteiger partial charge is 0.408 e. The summed E-state index contributed by atoms with van der Waals surface area (Å²) < 4.78 is 16.2. The van der Waals surface area contributed by atoms with Crippen molar-refractivity contribution in [3.8, 4) is 5.75 Å². The average molecular weight is 667 g/mol. The molecular weight excluding hydrogens is 620 g/mol. The van der Waals surface area contributed by atoms with Gasteiger partial charge in [0.2, 0.25) is 5.91 Å². The maximum absolute atomic E-state index is 14.3. The first-order valence-corrected chi connectivity index (χ1v) is 17.0. The summed E-state index contributed by atoms with van der Waals surface area (Å²) in [6.45, 7) is 5.61. The molecule has 0 spiro atoms. The van der Waals surface area contributed by atoms with Crippen molar-refractivity contribution in [3.05, 3.63) is 113 Å². The molecule has 2 N–H and O–H groups in total. The number of allylic oxidation sites excluding steroid dienone is 2. The Morgan fingerprint density at radius 1 is 0.857 bits per heavy atom. The molecule has 3 aromatic carbocycles. The third kappa shape index (κ3) is 9.59. The number of methoxy groups -OCH3 is 1. The number of Topliss-reactive ketones (excluding diaryl/α,β-unsaturated/α-hetero) is 1. The van der Waals surface area contributed by atoms with Gasteiger partial charge in [0.15, 0.2) is 5.78 Å². The topological polar surface area (TPSA) is 120 Å². The van der Waals surface area contributed by atoms with Crippen molar-refractivity contribution in [2.45, 2.75) is 83.6 Å². The molecule has 5 rings (SSSR count). The van der Waals surface area contributed by atoms with Crippen LogP contribution in [0.25, 0.3) is 0 Å². The standard InChI is InChI=1S/C40H46N2O7/c1-40(2,3)49-39(46)42-35(24-26-18-22-30(23-19-26)48-25-27-16-20-29(21-17-27)38(45)47-4)36(43)32-13-7-8-14-33(32)37(44)41-34-15-9-11-28-10-5-6-12-31(28)34/h5-8,10,12,16-23,32-35H,9,11,13-15,24-25H2,1-4H3,(H,41,44)(H,42,46)/t32?,33-,34?,35?/m0/s1. The van der Waals surface area contributed by atoms with Gasteiger partial charge < -0.3 is 24.8 Å². The number of rotatable bonds is 11. The van der Waals surface area contributed by atoms with Crippen molar-refractivity contribution in [2.24, 2.45) is 11.8 Å². The number of benzene rings is 3. The first-order valence-electron chi connectivity index (χ1n) is 17.0. The van der Waals surface area contributed by atoms with Crippen LogP contribution >= 0.6 is 0 Å². The van der Waals surface area contributed by atoms with E-state index in [0.29, 0.717) is 30.8 Å². The molecule has 0 saturated carbocycles. The minimum absolute atomic E-state index is 0.0882. The molecule has 49 heavy (non-hydrogen) atoms. The Kier molecular flexibility index (Phi) is 11.5. The molecule has 0 aromatic heterocycles. The lowest BCUT2D eigenvalue weighted by Gasteiger charge is -2.33. The van der Waals surface area contributed by atoms with Gasteiger partial charge in [-0.25, -0.2) is 9.59 Å². The number of aryl methyl sites for hydroxylation is 1. The van der Waals surface area contributed by atoms with E-state index in [-0.39, 0.29) is 24.2 Å². The van der Waals surface area contributed by atoms with Gasteiger partial charge in [0.25, 0.3) is 0 Å². The van der Waals surface area contributed by atoms with Crippen molar-refractivity contribution < 1.29 is 33.4 Å². The number of ketones is 1. The summed E-state index contributed by atoms with van der Waals surface area (Å²) in [5, 5.41) is 6.08. The maximum Gasteiger partial charge on any atom is 0.408 e. The largest absolute Gasteiger partial charge is 0.489 e. The number of hydrogen-bond acceptors (Lipinski definition) is 7. The van der Waals surface area contributed by atoms with E-state index in [4.69, 9.17) is 14.2 Å². The van der Waals surface area contributed by atoms with E-state index in [1.807, 2.05) is 48.6 Å². The molecule has 9 nitrogen and oxygen atoms in total. The normalized spacial score (nSPS) is 19.1. The van der Waals surface area contributed by atoms with Crippen LogP contribution in [-0.4, -0.2) is 42.5 Å². The molecule has 0 fully saturated rings. The van der Waals surface area contributed by atoms with Crippen molar-refractivity contribution in [3.63, 3.8) is 0 Å². The van der Waals surface area contributed by atoms with Gasteiger partial charge in [-0.1, -0.05) is 60.7 Å². The molecule has 0 radical (unpaired) electrons. The van der Waals surface area contributed by atoms with E-state index < -0.39 is 35.5 Å². The summed E-state index contributed by atoms with van der Waals surface area (Å²) in [5.74, 6) is -1.26. The number of esters is 1. The molecule has 9 heteroatoms. The minimum atomic E-state index is -0.905. The van der Waals surface area contributed by atoms with Gasteiger partial charge in [-0.3, -0.25) is 9.59 Å². The number of nitrogens with one attached hydrogen (secondary N) is 2. The van der Waals surface area contributed by atoms with Gasteiger partial charge >= 0.3 is 12.1 Å². The van der Waals surface area contributed by atoms with Crippen LogP contribution in [0.5, 0.6) is 5.75 Å². The highest BCUT2D eigenvalue weighted by Crippen LogP contribution is 2.33. The van der Waals surface area contributed by atoms with Gasteiger partial charge in [0.05, 0.1) is 30.7 Å². The fourth-order valence-corrected chi connectivity index (χ4v) is 6.51. The second-order valence-electron chi connectivity index (χ2n) is 13.7. The zero-order valence-electron chi connectivity index (χ0n) is 28.7. The van der Waals surface area contributed by atoms with Gasteiger partial charge in [0, 0.05) is 5.92 Å². The Labute approximate surface area is 288 Å². The summed E-state index contributed by atoms with van der Waals surface area (Å²) >= 11 is 0. The van der Waals surface area contributed by atoms with Crippen LogP contribution < -0.4 is 15.4 Å². The molecule has 3 aromatic rings. The number of alkyl carbamates (subject to hydrolysis) is 1. The third-order valence-electron chi connectivity index (χ3n) is 9.00. The highest BCUT2D eigenvalue weighted by molar-refractivity contribution is 5.94. The van der Waals surface area contributed by atoms with Gasteiger partial charge in [-0.2, -0.15) is 0 Å². The van der Waals surface area contributed by atoms with E-state index in [9.17, 15) is 19.2 Å². The summed E-state index contributed by atoms with van der Waals surface area (Å²) in [7, 11) is 1.34. The van der Waals surface area contributed by atoms with Crippen molar-refractivity contribution in [1.29, 1.82) is 0 Å². The van der Waals surface area contributed by atoms with Crippen LogP contribution in [0.4, 0.5) is 4.79 Å². The van der Waals surface area contributed by atoms with E-state index in [1.165, 1.54) is 12.7 Å². The van der Waals surface area contributed by atoms with Crippen LogP contribution in [0.1, 0.15) is 85.1 Å². The van der Waals surface area contributed by atoms with Crippen LogP contribution in [0, 0.1) is 11.8 Å². The second kappa shape index (κ2) is 16.0. The monoisotopic (exact) mass is 666 g/mol. The molecule has 2 aliphatic rings. The van der Waals surface area contributed by atoms with Crippen LogP contribution in [0.15, 0.2) is 84.9 Å². The Morgan fingerprint density at radius 2 is 1.53 bits per heavy atom. The third-order valence-corrected chi connectivity index (χ3v) is 9.00. The van der Waals surface area contributed by atoms with E-state index in [2.05, 4.69) is 22.8 Å². The number of hydrogen-bond donors (Lipinski definition) is 2. The molecule has 0 saturated heterocycles. The van der Waals surface area contributed by atoms with Gasteiger partial charge in [0.1, 0.15) is 18.0 Å². The first-order chi connectivity index (χ1) is 23.5. The Bertz CT molecular complexity index is 1660. The summed E-state index contributed by atoms with van der Waals surface area (Å²) in [5.41, 5.74) is 3.81. The van der Waals surface area contributed by atoms with Gasteiger partial charge in [-0.15, -0.1) is 0 Å². The summed E-state index contributed by atoms with van der Waals surface area (Å²) in [4.78, 5) is 52.7. The predicted molar refractivity (Wildman–Crippen MR) is 186 cm³/mol. The van der Waals surface area contributed by atoms with Crippen LogP contribution in [-0.2, 0) is 38.5 Å². The fraction of sp³-hybridized carbons (Fsp3) is 0.400. The molecule has 2 aliphatic carbocycles. The highest BCUT2D eigenvalue weighted by atomic mass is 16.6. The number of carbonyl (C=O) groups is 4. The summed E-state index contributed by atoms with van der Waals surface area (Å²) in [6, 6.07) is 21.6. The van der Waals surface area contributed by atoms with Crippen molar-refractivity contribution in [2.75, 3.05) is 7.11 Å². The fourth-order valence-electron chi connectivity index (χ4n) is 6.51. The van der Waals surface area contributed by atoms with E-state index in [1.54, 1.807) is 45.0 Å². The first kappa shape index (κ1) is 35.4. The summed E-state index contributed by atoms with van der Waals surface area (Å²) in [6.07, 6.45) is 7.15. The van der Waals surface area contributed by atoms with Crippen molar-refractivity contribution in [1.82, 2.24) is 10.6 Å². The van der Waals surface area contributed by atoms with Gasteiger partial charge in [-0.05, 0) is 106 Å². The Hall–Kier alpha value is -4.92. The highest BCUT2D eigenvalue weighted by Gasteiger charge is 2.39. The number of carbonyl (C=O) groups excluding carboxylic acids is 4. The van der Waals surface area contributed by atoms with E-state index >= 15 is 0 Å². The maximum atomic E-state index is 14.3. The predicted octanol–water partition coefficient (Wildman–Crippen LogP) is 6.83. The SMILES string of the molecule is COC(=O)c1ccc(COc2ccc(CC(NC(=O)OC(C)(C)C)C(=O)C3CC=CC[C@@H]3C(=O)NC3CCCc4ccccc43)cc2)cc1. The molecular formula is C40H46N2O7. The zero-order valence-corrected chi connectivity index (χ0v) is 28.7. The van der Waals surface area contributed by atoms with Crippen molar-refractivity contribution >= 4 is 23.8 Å². The second-order valence-corrected chi connectivity index (χ2v) is 13.7. The lowest BCUT2D eigenvalue weighted by atomic mass is 9.76. The zero-order chi connectivity index (χ0) is 35.0. The minimum Gasteiger partial charge on any atom is -0.489 e. The number of amides is 2. The average Bonchev–Trinajstić information content (AvgIpc) is 3.10. The molecule has 0 heterocycles. The molecule has 4 atom stereocenters. The molecule has 3 unspecified atom stereocenters. The quantitative estimate of drug-likeness (QED) is 0.170. The Balaban J connectivity index is 1.28. The molecule has 2 amide bonds. The molecule has 0 aliphatic heterocycles. The van der Waals surface area contributed by atoms with Crippen LogP contribution in [0.3, 0.4) is 0 Å². The number of fused-ring (bicyclic) bond motifs is 1. The van der Waals surface area contributed by atoms with E-state index in [0.717, 1.165) is 36.0 Å². The lowest BCUT2D eigenvalue weighted by molar-refractivity contribution is -0.135. The molecule has 258 valence electrons. The lowest BCUT2D eigenvalue weighted by Crippen LogP contribution is -2.50. The van der Waals surface area contributed by atoms with Crippen LogP contribution in [0.2, 0.25) is 0 Å². The number of ether oxygens (including phenoxy) is 3. The Morgan fingerprint density at radius 3 is 2.22 bits per heavy atom.